The van der Waals surface area contributed by atoms with E-state index < -0.39 is 5.82 Å². The minimum atomic E-state index is -0.571. The minimum Gasteiger partial charge on any atom is -0.505 e. The van der Waals surface area contributed by atoms with Gasteiger partial charge in [-0.25, -0.2) is 4.39 Å². The maximum Gasteiger partial charge on any atom is 0.149 e. The van der Waals surface area contributed by atoms with Gasteiger partial charge in [-0.2, -0.15) is 0 Å². The van der Waals surface area contributed by atoms with Gasteiger partial charge in [0.15, 0.2) is 0 Å². The van der Waals surface area contributed by atoms with Gasteiger partial charge in [0, 0.05) is 37.8 Å². The molecule has 0 bridgehead atoms. The third-order valence-corrected chi connectivity index (χ3v) is 3.34. The molecule has 0 unspecified atom stereocenters. The summed E-state index contributed by atoms with van der Waals surface area (Å²) in [6.07, 6.45) is 0. The molecule has 0 amide bonds. The number of hydrogen-bond donors (Lipinski definition) is 3. The highest BCUT2D eigenvalue weighted by molar-refractivity contribution is 5.57. The summed E-state index contributed by atoms with van der Waals surface area (Å²) in [5, 5.41) is 13.1. The number of benzene rings is 1. The van der Waals surface area contributed by atoms with Crippen molar-refractivity contribution in [1.82, 2.24) is 10.2 Å². The number of anilines is 1. The van der Waals surface area contributed by atoms with Crippen molar-refractivity contribution in [2.24, 2.45) is 0 Å². The molecular weight excluding hydrogens is 221 g/mol. The molecule has 0 aromatic heterocycles. The van der Waals surface area contributed by atoms with E-state index in [1.54, 1.807) is 6.07 Å². The number of rotatable bonds is 2. The molecule has 4 nitrogen and oxygen atoms in total. The van der Waals surface area contributed by atoms with Crippen LogP contribution in [0.4, 0.5) is 10.1 Å². The van der Waals surface area contributed by atoms with Gasteiger partial charge in [0.2, 0.25) is 0 Å². The zero-order chi connectivity index (χ0) is 12.4. The summed E-state index contributed by atoms with van der Waals surface area (Å²) in [5.41, 5.74) is 6.02. The Morgan fingerprint density at radius 1 is 1.41 bits per heavy atom. The summed E-state index contributed by atoms with van der Waals surface area (Å²) in [6.45, 7) is 5.69. The molecule has 2 rings (SSSR count). The molecule has 0 aliphatic carbocycles. The number of nitrogens with zero attached hydrogens (tertiary/aromatic N) is 1. The average molecular weight is 239 g/mol. The monoisotopic (exact) mass is 239 g/mol. The predicted molar refractivity (Wildman–Crippen MR) is 65.3 cm³/mol. The van der Waals surface area contributed by atoms with Crippen molar-refractivity contribution >= 4 is 5.69 Å². The van der Waals surface area contributed by atoms with Gasteiger partial charge in [-0.3, -0.25) is 4.90 Å². The van der Waals surface area contributed by atoms with Crippen LogP contribution in [0.2, 0.25) is 0 Å². The van der Waals surface area contributed by atoms with Gasteiger partial charge < -0.3 is 16.2 Å². The van der Waals surface area contributed by atoms with Gasteiger partial charge in [-0.15, -0.1) is 0 Å². The van der Waals surface area contributed by atoms with E-state index in [0.717, 1.165) is 26.2 Å². The summed E-state index contributed by atoms with van der Waals surface area (Å²) in [5.74, 6) is -0.699. The van der Waals surface area contributed by atoms with E-state index >= 15 is 0 Å². The average Bonchev–Trinajstić information content (AvgIpc) is 2.36. The number of nitrogen functional groups attached to an aromatic ring is 1. The number of piperazine rings is 1. The standard InChI is InChI=1S/C12H18FN3O/c1-8(16-6-4-15-5-7-16)9-2-3-10(13)11(14)12(9)17/h2-3,8,15,17H,4-7,14H2,1H3/t8-/m1/s1. The lowest BCUT2D eigenvalue weighted by molar-refractivity contribution is 0.183. The van der Waals surface area contributed by atoms with Crippen LogP contribution in [0.25, 0.3) is 0 Å². The highest BCUT2D eigenvalue weighted by atomic mass is 19.1. The van der Waals surface area contributed by atoms with Crippen molar-refractivity contribution in [3.8, 4) is 5.75 Å². The van der Waals surface area contributed by atoms with Gasteiger partial charge in [0.1, 0.15) is 17.3 Å². The van der Waals surface area contributed by atoms with Crippen molar-refractivity contribution in [3.63, 3.8) is 0 Å². The molecule has 1 aliphatic rings. The molecule has 1 atom stereocenters. The molecule has 4 N–H and O–H groups in total. The SMILES string of the molecule is C[C@H](c1ccc(F)c(N)c1O)N1CCNCC1. The Kier molecular flexibility index (Phi) is 3.49. The number of nitrogens with two attached hydrogens (primary N) is 1. The zero-order valence-electron chi connectivity index (χ0n) is 9.91. The molecule has 0 radical (unpaired) electrons. The molecule has 0 saturated carbocycles. The fraction of sp³-hybridized carbons (Fsp3) is 0.500. The second kappa shape index (κ2) is 4.89. The first-order valence-corrected chi connectivity index (χ1v) is 5.83. The largest absolute Gasteiger partial charge is 0.505 e. The second-order valence-electron chi connectivity index (χ2n) is 4.36. The van der Waals surface area contributed by atoms with Crippen LogP contribution in [-0.2, 0) is 0 Å². The number of halogens is 1. The van der Waals surface area contributed by atoms with Crippen LogP contribution in [-0.4, -0.2) is 36.2 Å². The number of aromatic hydroxyl groups is 1. The topological polar surface area (TPSA) is 61.5 Å². The van der Waals surface area contributed by atoms with E-state index in [1.807, 2.05) is 6.92 Å². The van der Waals surface area contributed by atoms with E-state index in [0.29, 0.717) is 5.56 Å². The minimum absolute atomic E-state index is 0.0417. The Morgan fingerprint density at radius 2 is 2.06 bits per heavy atom. The molecule has 1 aromatic carbocycles. The first kappa shape index (κ1) is 12.1. The van der Waals surface area contributed by atoms with Crippen molar-refractivity contribution < 1.29 is 9.50 Å². The van der Waals surface area contributed by atoms with Crippen molar-refractivity contribution in [3.05, 3.63) is 23.5 Å². The number of nitrogens with one attached hydrogen (secondary N) is 1. The van der Waals surface area contributed by atoms with Crippen molar-refractivity contribution in [2.45, 2.75) is 13.0 Å². The highest BCUT2D eigenvalue weighted by Gasteiger charge is 2.22. The summed E-state index contributed by atoms with van der Waals surface area (Å²) in [7, 11) is 0. The summed E-state index contributed by atoms with van der Waals surface area (Å²) in [4.78, 5) is 2.24. The molecule has 5 heteroatoms. The van der Waals surface area contributed by atoms with E-state index in [-0.39, 0.29) is 17.5 Å². The lowest BCUT2D eigenvalue weighted by Crippen LogP contribution is -2.44. The zero-order valence-corrected chi connectivity index (χ0v) is 9.91. The van der Waals surface area contributed by atoms with Gasteiger partial charge in [-0.1, -0.05) is 6.07 Å². The molecule has 1 fully saturated rings. The van der Waals surface area contributed by atoms with Crippen LogP contribution < -0.4 is 11.1 Å². The fourth-order valence-electron chi connectivity index (χ4n) is 2.20. The second-order valence-corrected chi connectivity index (χ2v) is 4.36. The third-order valence-electron chi connectivity index (χ3n) is 3.34. The maximum atomic E-state index is 13.2. The van der Waals surface area contributed by atoms with E-state index in [2.05, 4.69) is 10.2 Å². The molecule has 1 saturated heterocycles. The first-order chi connectivity index (χ1) is 8.11. The molecule has 1 aliphatic heterocycles. The van der Waals surface area contributed by atoms with Crippen LogP contribution in [0, 0.1) is 5.82 Å². The third kappa shape index (κ3) is 2.35. The first-order valence-electron chi connectivity index (χ1n) is 5.83. The van der Waals surface area contributed by atoms with Gasteiger partial charge in [0.25, 0.3) is 0 Å². The van der Waals surface area contributed by atoms with Crippen LogP contribution in [0.1, 0.15) is 18.5 Å². The Labute approximate surface area is 100 Å². The molecule has 0 spiro atoms. The van der Waals surface area contributed by atoms with Crippen LogP contribution in [0.15, 0.2) is 12.1 Å². The highest BCUT2D eigenvalue weighted by Crippen LogP contribution is 2.34. The fourth-order valence-corrected chi connectivity index (χ4v) is 2.20. The molecule has 94 valence electrons. The molecular formula is C12H18FN3O. The van der Waals surface area contributed by atoms with Gasteiger partial charge in [0.05, 0.1) is 0 Å². The number of phenolic OH excluding ortho intramolecular Hbond substituents is 1. The molecule has 17 heavy (non-hydrogen) atoms. The summed E-state index contributed by atoms with van der Waals surface area (Å²) >= 11 is 0. The summed E-state index contributed by atoms with van der Waals surface area (Å²) < 4.78 is 13.2. The predicted octanol–water partition coefficient (Wildman–Crippen LogP) is 1.08. The maximum absolute atomic E-state index is 13.2. The Hall–Kier alpha value is -1.33. The lowest BCUT2D eigenvalue weighted by Gasteiger charge is -2.33. The van der Waals surface area contributed by atoms with Crippen LogP contribution in [0.5, 0.6) is 5.75 Å². The van der Waals surface area contributed by atoms with Crippen molar-refractivity contribution in [1.29, 1.82) is 0 Å². The summed E-state index contributed by atoms with van der Waals surface area (Å²) in [6, 6.07) is 2.96. The van der Waals surface area contributed by atoms with Crippen molar-refractivity contribution in [2.75, 3.05) is 31.9 Å². The quantitative estimate of drug-likeness (QED) is 0.534. The van der Waals surface area contributed by atoms with Crippen LogP contribution >= 0.6 is 0 Å². The van der Waals surface area contributed by atoms with Gasteiger partial charge in [-0.05, 0) is 13.0 Å². The van der Waals surface area contributed by atoms with E-state index in [9.17, 15) is 9.50 Å². The molecule has 1 heterocycles. The van der Waals surface area contributed by atoms with Crippen LogP contribution in [0.3, 0.4) is 0 Å². The van der Waals surface area contributed by atoms with E-state index in [1.165, 1.54) is 6.07 Å². The lowest BCUT2D eigenvalue weighted by atomic mass is 10.0. The van der Waals surface area contributed by atoms with E-state index in [4.69, 9.17) is 5.73 Å². The smallest absolute Gasteiger partial charge is 0.149 e. The Bertz CT molecular complexity index is 405. The van der Waals surface area contributed by atoms with Gasteiger partial charge >= 0.3 is 0 Å². The normalized spacial score (nSPS) is 19.2. The Morgan fingerprint density at radius 3 is 2.71 bits per heavy atom. The molecule has 1 aromatic rings. The number of phenols is 1. The Balaban J connectivity index is 2.24. The number of hydrogen-bond acceptors (Lipinski definition) is 4.